The van der Waals surface area contributed by atoms with Crippen LogP contribution in [0.25, 0.3) is 0 Å². The zero-order valence-corrected chi connectivity index (χ0v) is 11.0. The number of rotatable bonds is 9. The summed E-state index contributed by atoms with van der Waals surface area (Å²) in [7, 11) is 3.94. The van der Waals surface area contributed by atoms with Gasteiger partial charge in [-0.05, 0) is 32.5 Å². The molecule has 0 heterocycles. The molecule has 3 heteroatoms. The van der Waals surface area contributed by atoms with Crippen LogP contribution in [-0.4, -0.2) is 51.3 Å². The second kappa shape index (κ2) is 9.13. The van der Waals surface area contributed by atoms with E-state index in [0.717, 1.165) is 26.2 Å². The second-order valence-corrected chi connectivity index (χ2v) is 4.64. The Balaban J connectivity index is 3.81. The molecular weight excluding hydrogens is 188 g/mol. The van der Waals surface area contributed by atoms with Gasteiger partial charge in [0.05, 0.1) is 6.61 Å². The minimum absolute atomic E-state index is 0.494. The van der Waals surface area contributed by atoms with E-state index < -0.39 is 0 Å². The summed E-state index contributed by atoms with van der Waals surface area (Å²) in [5.74, 6) is 0.713. The molecular formula is C12H28N2O. The largest absolute Gasteiger partial charge is 0.383 e. The molecule has 0 saturated heterocycles. The van der Waals surface area contributed by atoms with Gasteiger partial charge in [-0.15, -0.1) is 0 Å². The molecule has 0 rings (SSSR count). The third-order valence-corrected chi connectivity index (χ3v) is 2.49. The van der Waals surface area contributed by atoms with Crippen molar-refractivity contribution in [3.8, 4) is 0 Å². The van der Waals surface area contributed by atoms with Crippen molar-refractivity contribution in [1.82, 2.24) is 10.2 Å². The predicted molar refractivity (Wildman–Crippen MR) is 66.3 cm³/mol. The molecule has 0 bridgehead atoms. The quantitative estimate of drug-likeness (QED) is 0.633. The van der Waals surface area contributed by atoms with Crippen molar-refractivity contribution in [1.29, 1.82) is 0 Å². The zero-order chi connectivity index (χ0) is 11.7. The summed E-state index contributed by atoms with van der Waals surface area (Å²) in [5, 5.41) is 3.49. The molecule has 0 spiro atoms. The van der Waals surface area contributed by atoms with Gasteiger partial charge in [-0.25, -0.2) is 0 Å². The van der Waals surface area contributed by atoms with Crippen LogP contribution in [0.4, 0.5) is 0 Å². The van der Waals surface area contributed by atoms with Crippen molar-refractivity contribution >= 4 is 0 Å². The molecule has 1 N–H and O–H groups in total. The molecule has 0 aromatic rings. The van der Waals surface area contributed by atoms with Crippen molar-refractivity contribution in [2.24, 2.45) is 5.92 Å². The molecule has 0 amide bonds. The molecule has 92 valence electrons. The summed E-state index contributed by atoms with van der Waals surface area (Å²) in [6, 6.07) is 0.494. The Morgan fingerprint density at radius 1 is 1.27 bits per heavy atom. The monoisotopic (exact) mass is 216 g/mol. The van der Waals surface area contributed by atoms with E-state index in [1.54, 1.807) is 7.11 Å². The van der Waals surface area contributed by atoms with Gasteiger partial charge in [0.25, 0.3) is 0 Å². The minimum Gasteiger partial charge on any atom is -0.383 e. The summed E-state index contributed by atoms with van der Waals surface area (Å²) >= 11 is 0. The molecule has 3 nitrogen and oxygen atoms in total. The van der Waals surface area contributed by atoms with Crippen LogP contribution in [0.15, 0.2) is 0 Å². The highest BCUT2D eigenvalue weighted by Crippen LogP contribution is 1.98. The van der Waals surface area contributed by atoms with Crippen molar-refractivity contribution in [3.05, 3.63) is 0 Å². The highest BCUT2D eigenvalue weighted by Gasteiger charge is 2.13. The molecule has 0 saturated carbocycles. The highest BCUT2D eigenvalue weighted by molar-refractivity contribution is 4.71. The maximum absolute atomic E-state index is 5.25. The van der Waals surface area contributed by atoms with E-state index in [2.05, 4.69) is 38.0 Å². The molecule has 0 aromatic heterocycles. The Labute approximate surface area is 95.2 Å². The predicted octanol–water partition coefficient (Wildman–Crippen LogP) is 1.59. The van der Waals surface area contributed by atoms with Gasteiger partial charge in [0.15, 0.2) is 0 Å². The first-order valence-electron chi connectivity index (χ1n) is 6.01. The fraction of sp³-hybridized carbons (Fsp3) is 1.00. The number of hydrogen-bond donors (Lipinski definition) is 1. The summed E-state index contributed by atoms with van der Waals surface area (Å²) in [6.45, 7) is 10.7. The average molecular weight is 216 g/mol. The Bertz CT molecular complexity index is 140. The van der Waals surface area contributed by atoms with E-state index in [4.69, 9.17) is 4.74 Å². The van der Waals surface area contributed by atoms with Gasteiger partial charge in [-0.2, -0.15) is 0 Å². The van der Waals surface area contributed by atoms with E-state index in [1.165, 1.54) is 6.42 Å². The van der Waals surface area contributed by atoms with Crippen molar-refractivity contribution < 1.29 is 4.74 Å². The minimum atomic E-state index is 0.494. The third-order valence-electron chi connectivity index (χ3n) is 2.49. The van der Waals surface area contributed by atoms with Crippen molar-refractivity contribution in [2.75, 3.05) is 40.4 Å². The topological polar surface area (TPSA) is 24.5 Å². The Hall–Kier alpha value is -0.120. The van der Waals surface area contributed by atoms with Crippen molar-refractivity contribution in [2.45, 2.75) is 33.2 Å². The lowest BCUT2D eigenvalue weighted by Crippen LogP contribution is -2.44. The fourth-order valence-corrected chi connectivity index (χ4v) is 1.61. The number of nitrogens with one attached hydrogen (secondary N) is 1. The van der Waals surface area contributed by atoms with Gasteiger partial charge in [0.2, 0.25) is 0 Å². The van der Waals surface area contributed by atoms with Crippen LogP contribution in [-0.2, 0) is 4.74 Å². The van der Waals surface area contributed by atoms with Crippen LogP contribution < -0.4 is 5.32 Å². The van der Waals surface area contributed by atoms with Crippen molar-refractivity contribution in [3.63, 3.8) is 0 Å². The van der Waals surface area contributed by atoms with Gasteiger partial charge in [-0.1, -0.05) is 20.8 Å². The SMILES string of the molecule is CCCN(C)C(CNCC(C)C)COC. The lowest BCUT2D eigenvalue weighted by Gasteiger charge is -2.27. The fourth-order valence-electron chi connectivity index (χ4n) is 1.61. The first-order chi connectivity index (χ1) is 7.11. The molecule has 0 radical (unpaired) electrons. The smallest absolute Gasteiger partial charge is 0.0630 e. The molecule has 0 aliphatic heterocycles. The van der Waals surface area contributed by atoms with E-state index in [9.17, 15) is 0 Å². The van der Waals surface area contributed by atoms with Crippen LogP contribution in [0.3, 0.4) is 0 Å². The molecule has 0 fully saturated rings. The average Bonchev–Trinajstić information content (AvgIpc) is 2.16. The van der Waals surface area contributed by atoms with E-state index in [1.807, 2.05) is 0 Å². The maximum atomic E-state index is 5.25. The first-order valence-corrected chi connectivity index (χ1v) is 6.01. The number of hydrogen-bond acceptors (Lipinski definition) is 3. The summed E-state index contributed by atoms with van der Waals surface area (Å²) in [6.07, 6.45) is 1.20. The third kappa shape index (κ3) is 7.77. The second-order valence-electron chi connectivity index (χ2n) is 4.64. The number of ether oxygens (including phenoxy) is 1. The van der Waals surface area contributed by atoms with Crippen LogP contribution in [0.2, 0.25) is 0 Å². The van der Waals surface area contributed by atoms with Gasteiger partial charge >= 0.3 is 0 Å². The molecule has 15 heavy (non-hydrogen) atoms. The number of nitrogens with zero attached hydrogens (tertiary/aromatic N) is 1. The van der Waals surface area contributed by atoms with Gasteiger partial charge < -0.3 is 10.1 Å². The summed E-state index contributed by atoms with van der Waals surface area (Å²) in [4.78, 5) is 2.37. The molecule has 0 aromatic carbocycles. The molecule has 0 aliphatic rings. The maximum Gasteiger partial charge on any atom is 0.0630 e. The van der Waals surface area contributed by atoms with Crippen LogP contribution in [0.5, 0.6) is 0 Å². The lowest BCUT2D eigenvalue weighted by atomic mass is 10.2. The van der Waals surface area contributed by atoms with Crippen LogP contribution >= 0.6 is 0 Å². The van der Waals surface area contributed by atoms with Gasteiger partial charge in [-0.3, -0.25) is 4.90 Å². The zero-order valence-electron chi connectivity index (χ0n) is 11.0. The van der Waals surface area contributed by atoms with E-state index >= 15 is 0 Å². The Kier molecular flexibility index (Phi) is 9.06. The standard InChI is InChI=1S/C12H28N2O/c1-6-7-14(4)12(10-15-5)9-13-8-11(2)3/h11-13H,6-10H2,1-5H3. The van der Waals surface area contributed by atoms with Crippen LogP contribution in [0, 0.1) is 5.92 Å². The normalized spacial score (nSPS) is 13.8. The van der Waals surface area contributed by atoms with Crippen LogP contribution in [0.1, 0.15) is 27.2 Å². The Morgan fingerprint density at radius 3 is 2.40 bits per heavy atom. The van der Waals surface area contributed by atoms with Gasteiger partial charge in [0, 0.05) is 19.7 Å². The van der Waals surface area contributed by atoms with E-state index in [0.29, 0.717) is 12.0 Å². The molecule has 1 unspecified atom stereocenters. The summed E-state index contributed by atoms with van der Waals surface area (Å²) < 4.78 is 5.25. The summed E-state index contributed by atoms with van der Waals surface area (Å²) in [5.41, 5.74) is 0. The highest BCUT2D eigenvalue weighted by atomic mass is 16.5. The Morgan fingerprint density at radius 2 is 1.93 bits per heavy atom. The molecule has 1 atom stereocenters. The van der Waals surface area contributed by atoms with E-state index in [-0.39, 0.29) is 0 Å². The van der Waals surface area contributed by atoms with Gasteiger partial charge in [0.1, 0.15) is 0 Å². The first kappa shape index (κ1) is 14.9. The number of likely N-dealkylation sites (N-methyl/N-ethyl adjacent to an activating group) is 1. The number of methoxy groups -OCH3 is 1. The molecule has 0 aliphatic carbocycles. The lowest BCUT2D eigenvalue weighted by molar-refractivity contribution is 0.105.